The van der Waals surface area contributed by atoms with Gasteiger partial charge in [-0.2, -0.15) is 0 Å². The molecule has 0 bridgehead atoms. The number of anilines is 1. The second kappa shape index (κ2) is 8.92. The highest BCUT2D eigenvalue weighted by Crippen LogP contribution is 2.15. The molecule has 1 aromatic rings. The third kappa shape index (κ3) is 7.36. The summed E-state index contributed by atoms with van der Waals surface area (Å²) in [6.45, 7) is 8.67. The van der Waals surface area contributed by atoms with Crippen molar-refractivity contribution in [2.75, 3.05) is 38.8 Å². The minimum Gasteiger partial charge on any atom is -0.382 e. The van der Waals surface area contributed by atoms with Gasteiger partial charge in [0.25, 0.3) is 0 Å². The van der Waals surface area contributed by atoms with Crippen LogP contribution in [-0.4, -0.2) is 44.0 Å². The van der Waals surface area contributed by atoms with Crippen LogP contribution in [0.4, 0.5) is 10.2 Å². The van der Waals surface area contributed by atoms with Crippen molar-refractivity contribution in [1.82, 2.24) is 10.3 Å². The van der Waals surface area contributed by atoms with Crippen molar-refractivity contribution < 1.29 is 13.9 Å². The van der Waals surface area contributed by atoms with Crippen LogP contribution in [0.15, 0.2) is 12.3 Å². The molecular weight excluding hydrogens is 273 g/mol. The van der Waals surface area contributed by atoms with E-state index in [-0.39, 0.29) is 17.2 Å². The lowest BCUT2D eigenvalue weighted by Crippen LogP contribution is -2.35. The van der Waals surface area contributed by atoms with Crippen molar-refractivity contribution in [2.24, 2.45) is 0 Å². The van der Waals surface area contributed by atoms with E-state index in [1.54, 1.807) is 19.4 Å². The van der Waals surface area contributed by atoms with Crippen molar-refractivity contribution in [3.8, 4) is 0 Å². The minimum absolute atomic E-state index is 0.0571. The molecule has 0 saturated heterocycles. The summed E-state index contributed by atoms with van der Waals surface area (Å²) < 4.78 is 24.4. The zero-order valence-electron chi connectivity index (χ0n) is 13.3. The molecule has 0 aliphatic carbocycles. The maximum atomic E-state index is 14.3. The maximum absolute atomic E-state index is 14.3. The van der Waals surface area contributed by atoms with Crippen LogP contribution in [0.1, 0.15) is 26.3 Å². The molecular formula is C15H26FN3O2. The topological polar surface area (TPSA) is 55.4 Å². The fourth-order valence-electron chi connectivity index (χ4n) is 1.59. The lowest BCUT2D eigenvalue weighted by atomic mass is 10.1. The highest BCUT2D eigenvalue weighted by Gasteiger charge is 2.13. The summed E-state index contributed by atoms with van der Waals surface area (Å²) in [6.07, 6.45) is 1.61. The van der Waals surface area contributed by atoms with Crippen LogP contribution in [0.5, 0.6) is 0 Å². The molecule has 0 fully saturated rings. The molecule has 21 heavy (non-hydrogen) atoms. The average molecular weight is 299 g/mol. The molecule has 0 aliphatic heterocycles. The Balaban J connectivity index is 2.44. The number of aromatic nitrogens is 1. The zero-order valence-corrected chi connectivity index (χ0v) is 13.3. The Morgan fingerprint density at radius 2 is 2.00 bits per heavy atom. The molecule has 0 atom stereocenters. The number of hydrogen-bond donors (Lipinski definition) is 2. The highest BCUT2D eigenvalue weighted by atomic mass is 19.1. The SMILES string of the molecule is COCCOCCNc1nccc(CNC(C)(C)C)c1F. The number of ether oxygens (including phenoxy) is 2. The van der Waals surface area contributed by atoms with E-state index < -0.39 is 0 Å². The molecule has 1 rings (SSSR count). The molecule has 120 valence electrons. The maximum Gasteiger partial charge on any atom is 0.169 e. The van der Waals surface area contributed by atoms with Crippen molar-refractivity contribution >= 4 is 5.82 Å². The van der Waals surface area contributed by atoms with Crippen molar-refractivity contribution in [3.05, 3.63) is 23.6 Å². The van der Waals surface area contributed by atoms with E-state index in [0.717, 1.165) is 0 Å². The molecule has 0 aliphatic rings. The molecule has 6 heteroatoms. The lowest BCUT2D eigenvalue weighted by molar-refractivity contribution is 0.0759. The van der Waals surface area contributed by atoms with Gasteiger partial charge in [-0.05, 0) is 26.8 Å². The van der Waals surface area contributed by atoms with Gasteiger partial charge >= 0.3 is 0 Å². The quantitative estimate of drug-likeness (QED) is 0.685. The van der Waals surface area contributed by atoms with Gasteiger partial charge in [0, 0.05) is 37.5 Å². The van der Waals surface area contributed by atoms with Crippen LogP contribution in [0, 0.1) is 5.82 Å². The molecule has 0 amide bonds. The van der Waals surface area contributed by atoms with Gasteiger partial charge in [-0.25, -0.2) is 9.37 Å². The van der Waals surface area contributed by atoms with Gasteiger partial charge in [0.15, 0.2) is 11.6 Å². The Morgan fingerprint density at radius 1 is 1.24 bits per heavy atom. The van der Waals surface area contributed by atoms with Crippen LogP contribution >= 0.6 is 0 Å². The Kier molecular flexibility index (Phi) is 7.56. The first-order valence-corrected chi connectivity index (χ1v) is 7.13. The van der Waals surface area contributed by atoms with Crippen LogP contribution in [-0.2, 0) is 16.0 Å². The number of pyridine rings is 1. The van der Waals surface area contributed by atoms with Gasteiger partial charge in [0.2, 0.25) is 0 Å². The summed E-state index contributed by atoms with van der Waals surface area (Å²) in [4.78, 5) is 4.02. The Bertz CT molecular complexity index is 422. The minimum atomic E-state index is -0.314. The van der Waals surface area contributed by atoms with Crippen LogP contribution in [0.25, 0.3) is 0 Å². The standard InChI is InChI=1S/C15H26FN3O2/c1-15(2,3)19-11-12-5-6-17-14(13(12)16)18-7-8-21-10-9-20-4/h5-6,19H,7-11H2,1-4H3,(H,17,18). The second-order valence-corrected chi connectivity index (χ2v) is 5.77. The van der Waals surface area contributed by atoms with Crippen LogP contribution < -0.4 is 10.6 Å². The largest absolute Gasteiger partial charge is 0.382 e. The number of hydrogen-bond acceptors (Lipinski definition) is 5. The van der Waals surface area contributed by atoms with Gasteiger partial charge in [0.05, 0.1) is 19.8 Å². The molecule has 0 unspecified atom stereocenters. The number of methoxy groups -OCH3 is 1. The summed E-state index contributed by atoms with van der Waals surface area (Å²) >= 11 is 0. The van der Waals surface area contributed by atoms with Crippen LogP contribution in [0.3, 0.4) is 0 Å². The molecule has 1 heterocycles. The van der Waals surface area contributed by atoms with E-state index >= 15 is 0 Å². The summed E-state index contributed by atoms with van der Waals surface area (Å²) in [5.41, 5.74) is 0.543. The van der Waals surface area contributed by atoms with Gasteiger partial charge in [0.1, 0.15) is 0 Å². The number of rotatable bonds is 9. The van der Waals surface area contributed by atoms with Gasteiger partial charge < -0.3 is 20.1 Å². The first-order valence-electron chi connectivity index (χ1n) is 7.13. The summed E-state index contributed by atoms with van der Waals surface area (Å²) in [6, 6.07) is 1.69. The van der Waals surface area contributed by atoms with E-state index in [0.29, 0.717) is 38.5 Å². The second-order valence-electron chi connectivity index (χ2n) is 5.77. The smallest absolute Gasteiger partial charge is 0.169 e. The normalized spacial score (nSPS) is 11.7. The molecule has 0 saturated carbocycles. The zero-order chi connectivity index (χ0) is 15.7. The van der Waals surface area contributed by atoms with E-state index in [4.69, 9.17) is 9.47 Å². The molecule has 0 radical (unpaired) electrons. The predicted octanol–water partition coefficient (Wildman–Crippen LogP) is 2.18. The Labute approximate surface area is 126 Å². The molecule has 0 spiro atoms. The fraction of sp³-hybridized carbons (Fsp3) is 0.667. The van der Waals surface area contributed by atoms with E-state index in [1.807, 2.05) is 20.8 Å². The summed E-state index contributed by atoms with van der Waals surface area (Å²) in [5.74, 6) is -0.0512. The lowest BCUT2D eigenvalue weighted by Gasteiger charge is -2.21. The molecule has 5 nitrogen and oxygen atoms in total. The first kappa shape index (κ1) is 17.8. The van der Waals surface area contributed by atoms with E-state index in [1.165, 1.54) is 0 Å². The van der Waals surface area contributed by atoms with Crippen molar-refractivity contribution in [1.29, 1.82) is 0 Å². The van der Waals surface area contributed by atoms with Crippen molar-refractivity contribution in [3.63, 3.8) is 0 Å². The van der Waals surface area contributed by atoms with E-state index in [2.05, 4.69) is 15.6 Å². The van der Waals surface area contributed by atoms with Crippen LogP contribution in [0.2, 0.25) is 0 Å². The van der Waals surface area contributed by atoms with Crippen molar-refractivity contribution in [2.45, 2.75) is 32.9 Å². The fourth-order valence-corrected chi connectivity index (χ4v) is 1.59. The number of nitrogens with zero attached hydrogens (tertiary/aromatic N) is 1. The molecule has 1 aromatic heterocycles. The van der Waals surface area contributed by atoms with Gasteiger partial charge in [-0.1, -0.05) is 0 Å². The Hall–Kier alpha value is -1.24. The first-order chi connectivity index (χ1) is 9.94. The predicted molar refractivity (Wildman–Crippen MR) is 82.0 cm³/mol. The molecule has 0 aromatic carbocycles. The third-order valence-corrected chi connectivity index (χ3v) is 2.75. The summed E-state index contributed by atoms with van der Waals surface area (Å²) in [5, 5.41) is 6.21. The Morgan fingerprint density at radius 3 is 2.67 bits per heavy atom. The third-order valence-electron chi connectivity index (χ3n) is 2.75. The number of halogens is 1. The highest BCUT2D eigenvalue weighted by molar-refractivity contribution is 5.39. The van der Waals surface area contributed by atoms with Gasteiger partial charge in [-0.15, -0.1) is 0 Å². The number of nitrogens with one attached hydrogen (secondary N) is 2. The van der Waals surface area contributed by atoms with E-state index in [9.17, 15) is 4.39 Å². The van der Waals surface area contributed by atoms with Gasteiger partial charge in [-0.3, -0.25) is 0 Å². The molecule has 2 N–H and O–H groups in total. The average Bonchev–Trinajstić information content (AvgIpc) is 2.42. The summed E-state index contributed by atoms with van der Waals surface area (Å²) in [7, 11) is 1.62. The monoisotopic (exact) mass is 299 g/mol.